The minimum Gasteiger partial charge on any atom is -0.711 e. The summed E-state index contributed by atoms with van der Waals surface area (Å²) >= 11 is 0. The van der Waals surface area contributed by atoms with Crippen LogP contribution in [0.1, 0.15) is 27.3 Å². The molecule has 0 aliphatic rings. The van der Waals surface area contributed by atoms with Gasteiger partial charge >= 0.3 is 12.1 Å². The van der Waals surface area contributed by atoms with E-state index in [1.54, 1.807) is 54.6 Å². The highest BCUT2D eigenvalue weighted by Crippen LogP contribution is 2.27. The summed E-state index contributed by atoms with van der Waals surface area (Å²) in [5.41, 5.74) is -0.614. The largest absolute Gasteiger partial charge is 0.711 e. The van der Waals surface area contributed by atoms with Crippen molar-refractivity contribution in [2.24, 2.45) is 0 Å². The SMILES string of the molecule is O=C(Oc1ccccc1C=Cc1cc(C(F)(F)F)[n+]([O-])cn1)c1ccccc1. The molecule has 8 heteroatoms. The summed E-state index contributed by atoms with van der Waals surface area (Å²) in [6.45, 7) is 0. The Balaban J connectivity index is 1.85. The fourth-order valence-electron chi connectivity index (χ4n) is 2.34. The van der Waals surface area contributed by atoms with Crippen LogP contribution in [0.15, 0.2) is 67.0 Å². The Morgan fingerprint density at radius 1 is 1.04 bits per heavy atom. The first kappa shape index (κ1) is 19.1. The van der Waals surface area contributed by atoms with Crippen molar-refractivity contribution in [1.82, 2.24) is 4.98 Å². The van der Waals surface area contributed by atoms with Crippen LogP contribution in [0.4, 0.5) is 13.2 Å². The maximum Gasteiger partial charge on any atom is 0.454 e. The van der Waals surface area contributed by atoms with Crippen molar-refractivity contribution in [1.29, 1.82) is 0 Å². The number of ether oxygens (including phenoxy) is 1. The van der Waals surface area contributed by atoms with Crippen molar-refractivity contribution in [3.8, 4) is 5.75 Å². The summed E-state index contributed by atoms with van der Waals surface area (Å²) < 4.78 is 43.5. The molecule has 0 saturated heterocycles. The molecule has 0 spiro atoms. The zero-order chi connectivity index (χ0) is 20.1. The van der Waals surface area contributed by atoms with E-state index in [4.69, 9.17) is 4.74 Å². The molecule has 0 unspecified atom stereocenters. The molecule has 1 aromatic heterocycles. The lowest BCUT2D eigenvalue weighted by molar-refractivity contribution is -0.632. The highest BCUT2D eigenvalue weighted by Gasteiger charge is 2.37. The van der Waals surface area contributed by atoms with Gasteiger partial charge in [0.25, 0.3) is 6.33 Å². The van der Waals surface area contributed by atoms with Crippen molar-refractivity contribution in [3.05, 3.63) is 94.7 Å². The number of para-hydroxylation sites is 1. The molecule has 28 heavy (non-hydrogen) atoms. The second-order valence-corrected chi connectivity index (χ2v) is 5.65. The topological polar surface area (TPSA) is 66.1 Å². The van der Waals surface area contributed by atoms with E-state index in [-0.39, 0.29) is 16.2 Å². The van der Waals surface area contributed by atoms with Crippen LogP contribution < -0.4 is 9.47 Å². The number of alkyl halides is 3. The molecule has 0 N–H and O–H groups in total. The number of rotatable bonds is 4. The molecule has 1 heterocycles. The number of hydrogen-bond donors (Lipinski definition) is 0. The van der Waals surface area contributed by atoms with Crippen LogP contribution in [0, 0.1) is 5.21 Å². The van der Waals surface area contributed by atoms with E-state index in [0.29, 0.717) is 23.5 Å². The maximum absolute atomic E-state index is 12.8. The van der Waals surface area contributed by atoms with E-state index in [9.17, 15) is 23.2 Å². The third kappa shape index (κ3) is 4.53. The lowest BCUT2D eigenvalue weighted by atomic mass is 10.1. The number of hydrogen-bond acceptors (Lipinski definition) is 4. The summed E-state index contributed by atoms with van der Waals surface area (Å²) in [6.07, 6.45) is -1.50. The first-order valence-electron chi connectivity index (χ1n) is 8.05. The van der Waals surface area contributed by atoms with Gasteiger partial charge in [0.1, 0.15) is 5.75 Å². The number of carbonyl (C=O) groups excluding carboxylic acids is 1. The number of benzene rings is 2. The molecule has 0 bridgehead atoms. The van der Waals surface area contributed by atoms with Crippen LogP contribution in [0.25, 0.3) is 12.2 Å². The standard InChI is InChI=1S/C20H13F3N2O3/c21-20(22,23)18-12-16(24-13-25(18)27)11-10-14-6-4-5-9-17(14)28-19(26)15-7-2-1-3-8-15/h1-13H. The Hall–Kier alpha value is -3.68. The van der Waals surface area contributed by atoms with E-state index in [1.807, 2.05) is 0 Å². The summed E-state index contributed by atoms with van der Waals surface area (Å²) in [5, 5.41) is 11.3. The van der Waals surface area contributed by atoms with Gasteiger partial charge in [-0.15, -0.1) is 0 Å². The van der Waals surface area contributed by atoms with Gasteiger partial charge in [0.2, 0.25) is 5.69 Å². The molecule has 0 atom stereocenters. The van der Waals surface area contributed by atoms with Crippen LogP contribution in [-0.4, -0.2) is 11.0 Å². The number of esters is 1. The van der Waals surface area contributed by atoms with Gasteiger partial charge < -0.3 is 9.94 Å². The highest BCUT2D eigenvalue weighted by molar-refractivity contribution is 5.91. The molecular weight excluding hydrogens is 373 g/mol. The van der Waals surface area contributed by atoms with E-state index in [0.717, 1.165) is 0 Å². The minimum atomic E-state index is -4.80. The van der Waals surface area contributed by atoms with Gasteiger partial charge in [-0.3, -0.25) is 0 Å². The van der Waals surface area contributed by atoms with Crippen LogP contribution in [0.2, 0.25) is 0 Å². The van der Waals surface area contributed by atoms with E-state index >= 15 is 0 Å². The van der Waals surface area contributed by atoms with Crippen LogP contribution >= 0.6 is 0 Å². The molecule has 0 aliphatic heterocycles. The van der Waals surface area contributed by atoms with Crippen molar-refractivity contribution in [2.75, 3.05) is 0 Å². The Morgan fingerprint density at radius 2 is 1.71 bits per heavy atom. The predicted octanol–water partition coefficient (Wildman–Crippen LogP) is 4.12. The van der Waals surface area contributed by atoms with Gasteiger partial charge in [-0.1, -0.05) is 36.4 Å². The summed E-state index contributed by atoms with van der Waals surface area (Å²) in [5.74, 6) is -0.329. The number of aromatic nitrogens is 2. The predicted molar refractivity (Wildman–Crippen MR) is 95.0 cm³/mol. The summed E-state index contributed by atoms with van der Waals surface area (Å²) in [4.78, 5) is 15.9. The fraction of sp³-hybridized carbons (Fsp3) is 0.0500. The van der Waals surface area contributed by atoms with Gasteiger partial charge in [0.15, 0.2) is 5.69 Å². The van der Waals surface area contributed by atoms with Crippen LogP contribution in [-0.2, 0) is 6.18 Å². The van der Waals surface area contributed by atoms with Gasteiger partial charge in [-0.05, 0) is 35.3 Å². The van der Waals surface area contributed by atoms with Gasteiger partial charge in [0.05, 0.1) is 5.56 Å². The fourth-order valence-corrected chi connectivity index (χ4v) is 2.34. The van der Waals surface area contributed by atoms with Gasteiger partial charge in [-0.25, -0.2) is 9.52 Å². The third-order valence-electron chi connectivity index (χ3n) is 3.69. The molecule has 2 aromatic carbocycles. The van der Waals surface area contributed by atoms with Crippen molar-refractivity contribution < 1.29 is 27.4 Å². The van der Waals surface area contributed by atoms with Crippen LogP contribution in [0.3, 0.4) is 0 Å². The van der Waals surface area contributed by atoms with E-state index in [2.05, 4.69) is 4.98 Å². The number of halogens is 3. The summed E-state index contributed by atoms with van der Waals surface area (Å²) in [7, 11) is 0. The molecule has 3 rings (SSSR count). The van der Waals surface area contributed by atoms with Gasteiger partial charge in [0, 0.05) is 11.6 Å². The van der Waals surface area contributed by atoms with Crippen molar-refractivity contribution >= 4 is 18.1 Å². The van der Waals surface area contributed by atoms with E-state index < -0.39 is 17.8 Å². The molecule has 3 aromatic rings. The second-order valence-electron chi connectivity index (χ2n) is 5.65. The smallest absolute Gasteiger partial charge is 0.454 e. The molecule has 0 saturated carbocycles. The van der Waals surface area contributed by atoms with Gasteiger partial charge in [-0.2, -0.15) is 13.2 Å². The van der Waals surface area contributed by atoms with Crippen LogP contribution in [0.5, 0.6) is 5.75 Å². The van der Waals surface area contributed by atoms with Crippen molar-refractivity contribution in [2.45, 2.75) is 6.18 Å². The molecule has 142 valence electrons. The normalized spacial score (nSPS) is 11.5. The quantitative estimate of drug-likeness (QED) is 0.293. The average Bonchev–Trinajstić information content (AvgIpc) is 2.68. The molecule has 5 nitrogen and oxygen atoms in total. The Labute approximate surface area is 157 Å². The lowest BCUT2D eigenvalue weighted by Crippen LogP contribution is -2.37. The Kier molecular flexibility index (Phi) is 5.39. The number of nitrogens with zero attached hydrogens (tertiary/aromatic N) is 2. The van der Waals surface area contributed by atoms with Crippen molar-refractivity contribution in [3.63, 3.8) is 0 Å². The molecule has 0 fully saturated rings. The van der Waals surface area contributed by atoms with E-state index in [1.165, 1.54) is 12.2 Å². The molecular formula is C20H13F3N2O3. The number of carbonyl (C=O) groups is 1. The monoisotopic (exact) mass is 386 g/mol. The molecule has 0 aliphatic carbocycles. The maximum atomic E-state index is 12.8. The Morgan fingerprint density at radius 3 is 2.43 bits per heavy atom. The highest BCUT2D eigenvalue weighted by atomic mass is 19.4. The second kappa shape index (κ2) is 7.91. The Bertz CT molecular complexity index is 1020. The first-order valence-corrected chi connectivity index (χ1v) is 8.05. The molecule has 0 amide bonds. The average molecular weight is 386 g/mol. The lowest BCUT2D eigenvalue weighted by Gasteiger charge is -2.10. The zero-order valence-electron chi connectivity index (χ0n) is 14.3. The molecule has 0 radical (unpaired) electrons. The third-order valence-corrected chi connectivity index (χ3v) is 3.69. The minimum absolute atomic E-state index is 0.0661. The first-order chi connectivity index (χ1) is 13.3. The zero-order valence-corrected chi connectivity index (χ0v) is 14.3. The summed E-state index contributed by atoms with van der Waals surface area (Å²) in [6, 6.07) is 15.5.